The highest BCUT2D eigenvalue weighted by molar-refractivity contribution is 5.89. The standard InChI is InChI=1S/C17H21N3O8/c1-26-16(25)9-2-4-11(5-3-9)20-6-10(18-19-20)8-27-17-15(24)14(23)13(22)12(7-21)28-17/h2-6,12-15,17,21-24H,7-8H2,1H3/t12-,13-,14+,15+,17+/m1/s1. The molecule has 5 atom stereocenters. The van der Waals surface area contributed by atoms with E-state index >= 15 is 0 Å². The first-order valence-corrected chi connectivity index (χ1v) is 8.46. The van der Waals surface area contributed by atoms with Crippen LogP contribution >= 0.6 is 0 Å². The minimum Gasteiger partial charge on any atom is -0.465 e. The van der Waals surface area contributed by atoms with Gasteiger partial charge in [-0.05, 0) is 24.3 Å². The van der Waals surface area contributed by atoms with Crippen LogP contribution in [0.4, 0.5) is 0 Å². The third-order valence-corrected chi connectivity index (χ3v) is 4.34. The summed E-state index contributed by atoms with van der Waals surface area (Å²) in [5, 5.41) is 46.6. The van der Waals surface area contributed by atoms with Gasteiger partial charge >= 0.3 is 5.97 Å². The quantitative estimate of drug-likeness (QED) is 0.419. The summed E-state index contributed by atoms with van der Waals surface area (Å²) < 4.78 is 16.8. The van der Waals surface area contributed by atoms with Crippen molar-refractivity contribution in [2.45, 2.75) is 37.3 Å². The molecule has 11 heteroatoms. The second-order valence-corrected chi connectivity index (χ2v) is 6.20. The number of hydrogen-bond donors (Lipinski definition) is 4. The Morgan fingerprint density at radius 2 is 1.89 bits per heavy atom. The summed E-state index contributed by atoms with van der Waals surface area (Å²) >= 11 is 0. The number of aliphatic hydroxyl groups excluding tert-OH is 4. The van der Waals surface area contributed by atoms with Gasteiger partial charge in [-0.15, -0.1) is 5.10 Å². The lowest BCUT2D eigenvalue weighted by Gasteiger charge is -2.39. The zero-order chi connectivity index (χ0) is 20.3. The van der Waals surface area contributed by atoms with Crippen molar-refractivity contribution in [3.05, 3.63) is 41.7 Å². The van der Waals surface area contributed by atoms with E-state index in [1.54, 1.807) is 30.5 Å². The third kappa shape index (κ3) is 4.19. The van der Waals surface area contributed by atoms with E-state index in [0.717, 1.165) is 0 Å². The number of aromatic nitrogens is 3. The van der Waals surface area contributed by atoms with Crippen LogP contribution in [-0.2, 0) is 20.8 Å². The second kappa shape index (κ2) is 8.73. The van der Waals surface area contributed by atoms with E-state index in [9.17, 15) is 25.2 Å². The number of hydrogen-bond acceptors (Lipinski definition) is 10. The highest BCUT2D eigenvalue weighted by Gasteiger charge is 2.44. The number of methoxy groups -OCH3 is 1. The Hall–Kier alpha value is -2.41. The smallest absolute Gasteiger partial charge is 0.337 e. The molecule has 0 unspecified atom stereocenters. The molecule has 2 heterocycles. The topological polar surface area (TPSA) is 156 Å². The molecule has 3 rings (SSSR count). The molecule has 0 radical (unpaired) electrons. The molecule has 2 aromatic rings. The molecule has 11 nitrogen and oxygen atoms in total. The van der Waals surface area contributed by atoms with Crippen molar-refractivity contribution in [1.82, 2.24) is 15.0 Å². The number of rotatable bonds is 6. The van der Waals surface area contributed by atoms with Gasteiger partial charge in [0, 0.05) is 0 Å². The maximum Gasteiger partial charge on any atom is 0.337 e. The lowest BCUT2D eigenvalue weighted by Crippen LogP contribution is -2.59. The average molecular weight is 395 g/mol. The van der Waals surface area contributed by atoms with Crippen LogP contribution in [0, 0.1) is 0 Å². The van der Waals surface area contributed by atoms with E-state index < -0.39 is 43.3 Å². The van der Waals surface area contributed by atoms with Gasteiger partial charge in [0.15, 0.2) is 6.29 Å². The van der Waals surface area contributed by atoms with Crippen molar-refractivity contribution < 1.29 is 39.4 Å². The van der Waals surface area contributed by atoms with Gasteiger partial charge in [0.1, 0.15) is 30.1 Å². The first kappa shape index (κ1) is 20.3. The molecule has 0 amide bonds. The van der Waals surface area contributed by atoms with E-state index in [-0.39, 0.29) is 6.61 Å². The van der Waals surface area contributed by atoms with Gasteiger partial charge in [-0.3, -0.25) is 0 Å². The van der Waals surface area contributed by atoms with Gasteiger partial charge in [0.05, 0.1) is 37.8 Å². The Kier molecular flexibility index (Phi) is 6.34. The highest BCUT2D eigenvalue weighted by atomic mass is 16.7. The van der Waals surface area contributed by atoms with Gasteiger partial charge in [0.25, 0.3) is 0 Å². The van der Waals surface area contributed by atoms with E-state index in [2.05, 4.69) is 15.0 Å². The molecule has 1 aromatic heterocycles. The number of aliphatic hydroxyl groups is 4. The molecule has 0 saturated carbocycles. The van der Waals surface area contributed by atoms with Crippen molar-refractivity contribution in [2.24, 2.45) is 0 Å². The van der Waals surface area contributed by atoms with Crippen LogP contribution in [0.2, 0.25) is 0 Å². The number of carbonyl (C=O) groups excluding carboxylic acids is 1. The Morgan fingerprint density at radius 3 is 2.54 bits per heavy atom. The van der Waals surface area contributed by atoms with Crippen molar-refractivity contribution in [3.63, 3.8) is 0 Å². The number of esters is 1. The molecule has 0 bridgehead atoms. The average Bonchev–Trinajstić information content (AvgIpc) is 3.20. The number of ether oxygens (including phenoxy) is 3. The Labute approximate surface area is 159 Å². The van der Waals surface area contributed by atoms with Crippen LogP contribution in [0.25, 0.3) is 5.69 Å². The van der Waals surface area contributed by atoms with Crippen molar-refractivity contribution >= 4 is 5.97 Å². The fourth-order valence-corrected chi connectivity index (χ4v) is 2.73. The molecular formula is C17H21N3O8. The van der Waals surface area contributed by atoms with Gasteiger partial charge in [-0.1, -0.05) is 5.21 Å². The molecule has 1 fully saturated rings. The lowest BCUT2D eigenvalue weighted by molar-refractivity contribution is -0.304. The summed E-state index contributed by atoms with van der Waals surface area (Å²) in [5.74, 6) is -0.446. The van der Waals surface area contributed by atoms with E-state index in [4.69, 9.17) is 9.47 Å². The number of nitrogens with zero attached hydrogens (tertiary/aromatic N) is 3. The summed E-state index contributed by atoms with van der Waals surface area (Å²) in [6, 6.07) is 6.52. The number of carbonyl (C=O) groups is 1. The predicted octanol–water partition coefficient (Wildman–Crippen LogP) is -1.63. The maximum atomic E-state index is 11.5. The van der Waals surface area contributed by atoms with Gasteiger partial charge in [0.2, 0.25) is 0 Å². The molecule has 28 heavy (non-hydrogen) atoms. The zero-order valence-electron chi connectivity index (χ0n) is 15.0. The summed E-state index contributed by atoms with van der Waals surface area (Å²) in [4.78, 5) is 11.5. The SMILES string of the molecule is COC(=O)c1ccc(-n2cc(CO[C@H]3O[C@H](CO)[C@@H](O)[C@H](O)[C@@H]3O)nn2)cc1. The molecule has 1 aliphatic rings. The van der Waals surface area contributed by atoms with Crippen LogP contribution in [0.1, 0.15) is 16.1 Å². The maximum absolute atomic E-state index is 11.5. The predicted molar refractivity (Wildman–Crippen MR) is 91.3 cm³/mol. The third-order valence-electron chi connectivity index (χ3n) is 4.34. The summed E-state index contributed by atoms with van der Waals surface area (Å²) in [6.45, 7) is -0.633. The first-order valence-electron chi connectivity index (χ1n) is 8.46. The first-order chi connectivity index (χ1) is 13.4. The van der Waals surface area contributed by atoms with Crippen LogP contribution in [0.15, 0.2) is 30.5 Å². The monoisotopic (exact) mass is 395 g/mol. The minimum absolute atomic E-state index is 0.0943. The Morgan fingerprint density at radius 1 is 1.18 bits per heavy atom. The van der Waals surface area contributed by atoms with Gasteiger partial charge in [-0.2, -0.15) is 0 Å². The molecule has 0 aliphatic carbocycles. The largest absolute Gasteiger partial charge is 0.465 e. The molecule has 1 saturated heterocycles. The number of benzene rings is 1. The normalized spacial score (nSPS) is 27.5. The summed E-state index contributed by atoms with van der Waals surface area (Å²) in [7, 11) is 1.30. The minimum atomic E-state index is -1.51. The molecular weight excluding hydrogens is 374 g/mol. The van der Waals surface area contributed by atoms with Crippen LogP contribution in [0.5, 0.6) is 0 Å². The molecule has 1 aromatic carbocycles. The summed E-state index contributed by atoms with van der Waals surface area (Å²) in [5.41, 5.74) is 1.46. The molecule has 152 valence electrons. The zero-order valence-corrected chi connectivity index (χ0v) is 15.0. The van der Waals surface area contributed by atoms with Crippen LogP contribution < -0.4 is 0 Å². The van der Waals surface area contributed by atoms with Crippen LogP contribution in [0.3, 0.4) is 0 Å². The summed E-state index contributed by atoms with van der Waals surface area (Å²) in [6.07, 6.45) is -5.17. The second-order valence-electron chi connectivity index (χ2n) is 6.20. The molecule has 1 aliphatic heterocycles. The Bertz CT molecular complexity index is 794. The van der Waals surface area contributed by atoms with Crippen LogP contribution in [-0.4, -0.2) is 85.8 Å². The van der Waals surface area contributed by atoms with Crippen molar-refractivity contribution in [2.75, 3.05) is 13.7 Å². The molecule has 4 N–H and O–H groups in total. The fourth-order valence-electron chi connectivity index (χ4n) is 2.73. The van der Waals surface area contributed by atoms with E-state index in [1.807, 2.05) is 0 Å². The van der Waals surface area contributed by atoms with Gasteiger partial charge < -0.3 is 34.6 Å². The molecule has 0 spiro atoms. The lowest BCUT2D eigenvalue weighted by atomic mass is 9.99. The highest BCUT2D eigenvalue weighted by Crippen LogP contribution is 2.22. The van der Waals surface area contributed by atoms with Gasteiger partial charge in [-0.25, -0.2) is 9.48 Å². The fraction of sp³-hybridized carbons (Fsp3) is 0.471. The van der Waals surface area contributed by atoms with Crippen molar-refractivity contribution in [1.29, 1.82) is 0 Å². The van der Waals surface area contributed by atoms with E-state index in [0.29, 0.717) is 16.9 Å². The Balaban J connectivity index is 1.62. The van der Waals surface area contributed by atoms with Crippen molar-refractivity contribution in [3.8, 4) is 5.69 Å². The van der Waals surface area contributed by atoms with E-state index in [1.165, 1.54) is 11.8 Å².